The molecular weight excluding hydrogens is 423 g/mol. The van der Waals surface area contributed by atoms with E-state index in [1.54, 1.807) is 12.1 Å². The molecule has 0 atom stereocenters. The normalized spacial score (nSPS) is 12.3. The first-order chi connectivity index (χ1) is 11.7. The van der Waals surface area contributed by atoms with Crippen LogP contribution in [0.1, 0.15) is 5.56 Å². The second-order valence-electron chi connectivity index (χ2n) is 4.99. The SMILES string of the molecule is O=S(=O)(Nc1ncc(Br)c2cccnc12)c1cccc(C(F)(F)F)c1. The summed E-state index contributed by atoms with van der Waals surface area (Å²) in [4.78, 5) is 7.53. The van der Waals surface area contributed by atoms with Crippen LogP contribution in [0, 0.1) is 0 Å². The van der Waals surface area contributed by atoms with Crippen molar-refractivity contribution in [2.45, 2.75) is 11.1 Å². The number of nitrogens with zero attached hydrogens (tertiary/aromatic N) is 2. The molecule has 0 unspecified atom stereocenters. The highest BCUT2D eigenvalue weighted by atomic mass is 79.9. The van der Waals surface area contributed by atoms with Gasteiger partial charge in [-0.15, -0.1) is 0 Å². The van der Waals surface area contributed by atoms with Gasteiger partial charge in [-0.1, -0.05) is 6.07 Å². The smallest absolute Gasteiger partial charge is 0.262 e. The zero-order valence-corrected chi connectivity index (χ0v) is 14.7. The number of hydrogen-bond donors (Lipinski definition) is 1. The minimum Gasteiger partial charge on any atom is -0.262 e. The fourth-order valence-electron chi connectivity index (χ4n) is 2.14. The van der Waals surface area contributed by atoms with Gasteiger partial charge in [0.2, 0.25) is 0 Å². The zero-order chi connectivity index (χ0) is 18.2. The Labute approximate surface area is 149 Å². The first-order valence-electron chi connectivity index (χ1n) is 6.78. The predicted octanol–water partition coefficient (Wildman–Crippen LogP) is 4.21. The molecule has 5 nitrogen and oxygen atoms in total. The molecule has 0 aliphatic heterocycles. The second kappa shape index (κ2) is 6.26. The Hall–Kier alpha value is -2.20. The first-order valence-corrected chi connectivity index (χ1v) is 9.05. The molecule has 2 aromatic heterocycles. The van der Waals surface area contributed by atoms with Crippen LogP contribution in [0.2, 0.25) is 0 Å². The van der Waals surface area contributed by atoms with Gasteiger partial charge in [-0.2, -0.15) is 13.2 Å². The quantitative estimate of drug-likeness (QED) is 0.673. The molecule has 0 radical (unpaired) electrons. The van der Waals surface area contributed by atoms with Gasteiger partial charge < -0.3 is 0 Å². The minimum absolute atomic E-state index is 0.0730. The number of alkyl halides is 3. The summed E-state index contributed by atoms with van der Waals surface area (Å²) >= 11 is 3.28. The summed E-state index contributed by atoms with van der Waals surface area (Å²) < 4.78 is 66.1. The number of hydrogen-bond acceptors (Lipinski definition) is 4. The van der Waals surface area contributed by atoms with Crippen LogP contribution >= 0.6 is 15.9 Å². The van der Waals surface area contributed by atoms with Crippen molar-refractivity contribution in [2.24, 2.45) is 0 Å². The Morgan fingerprint density at radius 1 is 1.08 bits per heavy atom. The molecule has 2 heterocycles. The molecule has 0 aliphatic carbocycles. The van der Waals surface area contributed by atoms with Crippen LogP contribution in [-0.2, 0) is 16.2 Å². The Balaban J connectivity index is 2.05. The lowest BCUT2D eigenvalue weighted by molar-refractivity contribution is -0.137. The van der Waals surface area contributed by atoms with Crippen molar-refractivity contribution in [3.63, 3.8) is 0 Å². The number of pyridine rings is 2. The summed E-state index contributed by atoms with van der Waals surface area (Å²) in [6.45, 7) is 0. The van der Waals surface area contributed by atoms with Crippen molar-refractivity contribution in [3.05, 3.63) is 58.8 Å². The molecule has 3 aromatic rings. The van der Waals surface area contributed by atoms with Crippen LogP contribution in [-0.4, -0.2) is 18.4 Å². The molecule has 3 rings (SSSR count). The van der Waals surface area contributed by atoms with Gasteiger partial charge in [0.15, 0.2) is 5.82 Å². The lowest BCUT2D eigenvalue weighted by Gasteiger charge is -2.12. The summed E-state index contributed by atoms with van der Waals surface area (Å²) in [6.07, 6.45) is -1.80. The maximum atomic E-state index is 12.8. The van der Waals surface area contributed by atoms with Gasteiger partial charge in [0.25, 0.3) is 10.0 Å². The van der Waals surface area contributed by atoms with E-state index in [-0.39, 0.29) is 11.3 Å². The van der Waals surface area contributed by atoms with Crippen LogP contribution in [0.15, 0.2) is 58.2 Å². The van der Waals surface area contributed by atoms with Crippen molar-refractivity contribution >= 4 is 42.7 Å². The van der Waals surface area contributed by atoms with E-state index in [0.717, 1.165) is 18.2 Å². The van der Waals surface area contributed by atoms with Crippen LogP contribution in [0.3, 0.4) is 0 Å². The van der Waals surface area contributed by atoms with Crippen LogP contribution in [0.25, 0.3) is 10.9 Å². The number of halogens is 4. The lowest BCUT2D eigenvalue weighted by atomic mass is 10.2. The van der Waals surface area contributed by atoms with Crippen LogP contribution < -0.4 is 4.72 Å². The standard InChI is InChI=1S/C15H9BrF3N3O2S/c16-12-8-21-14(13-11(12)5-2-6-20-13)22-25(23,24)10-4-1-3-9(7-10)15(17,18)19/h1-8H,(H,21,22). The van der Waals surface area contributed by atoms with Crippen LogP contribution in [0.4, 0.5) is 19.0 Å². The molecule has 0 saturated heterocycles. The van der Waals surface area contributed by atoms with Gasteiger partial charge in [-0.25, -0.2) is 13.4 Å². The summed E-state index contributed by atoms with van der Waals surface area (Å²) in [5.74, 6) is -0.0730. The summed E-state index contributed by atoms with van der Waals surface area (Å²) in [7, 11) is -4.27. The third kappa shape index (κ3) is 3.59. The third-order valence-corrected chi connectivity index (χ3v) is 5.27. The van der Waals surface area contributed by atoms with Crippen molar-refractivity contribution in [3.8, 4) is 0 Å². The number of fused-ring (bicyclic) bond motifs is 1. The average Bonchev–Trinajstić information content (AvgIpc) is 2.57. The second-order valence-corrected chi connectivity index (χ2v) is 7.52. The molecule has 0 bridgehead atoms. The number of anilines is 1. The Morgan fingerprint density at radius 2 is 1.84 bits per heavy atom. The molecule has 0 fully saturated rings. The van der Waals surface area contributed by atoms with Crippen molar-refractivity contribution in [2.75, 3.05) is 4.72 Å². The van der Waals surface area contributed by atoms with Gasteiger partial charge in [0.05, 0.1) is 10.5 Å². The van der Waals surface area contributed by atoms with E-state index < -0.39 is 26.7 Å². The number of nitrogens with one attached hydrogen (secondary N) is 1. The van der Waals surface area contributed by atoms with E-state index in [4.69, 9.17) is 0 Å². The molecule has 0 amide bonds. The van der Waals surface area contributed by atoms with Gasteiger partial charge >= 0.3 is 6.18 Å². The van der Waals surface area contributed by atoms with E-state index in [2.05, 4.69) is 30.6 Å². The molecule has 1 aromatic carbocycles. The van der Waals surface area contributed by atoms with E-state index in [1.165, 1.54) is 12.4 Å². The number of sulfonamides is 1. The summed E-state index contributed by atoms with van der Waals surface area (Å²) in [5, 5.41) is 0.610. The highest BCUT2D eigenvalue weighted by Crippen LogP contribution is 2.31. The number of aromatic nitrogens is 2. The predicted molar refractivity (Wildman–Crippen MR) is 89.5 cm³/mol. The maximum Gasteiger partial charge on any atom is 0.416 e. The highest BCUT2D eigenvalue weighted by Gasteiger charge is 2.31. The fraction of sp³-hybridized carbons (Fsp3) is 0.0667. The molecule has 0 aliphatic rings. The summed E-state index contributed by atoms with van der Waals surface area (Å²) in [5.41, 5.74) is -0.783. The zero-order valence-electron chi connectivity index (χ0n) is 12.2. The van der Waals surface area contributed by atoms with E-state index in [1.807, 2.05) is 0 Å². The molecule has 0 saturated carbocycles. The molecular formula is C15H9BrF3N3O2S. The highest BCUT2D eigenvalue weighted by molar-refractivity contribution is 9.10. The van der Waals surface area contributed by atoms with Gasteiger partial charge in [0, 0.05) is 22.3 Å². The maximum absolute atomic E-state index is 12.8. The number of rotatable bonds is 3. The number of benzene rings is 1. The largest absolute Gasteiger partial charge is 0.416 e. The Morgan fingerprint density at radius 3 is 2.56 bits per heavy atom. The van der Waals surface area contributed by atoms with Gasteiger partial charge in [-0.3, -0.25) is 9.71 Å². The Kier molecular flexibility index (Phi) is 4.41. The molecule has 1 N–H and O–H groups in total. The Bertz CT molecular complexity index is 1060. The first kappa shape index (κ1) is 17.6. The van der Waals surface area contributed by atoms with E-state index in [0.29, 0.717) is 15.9 Å². The van der Waals surface area contributed by atoms with Gasteiger partial charge in [-0.05, 0) is 46.3 Å². The van der Waals surface area contributed by atoms with Crippen molar-refractivity contribution in [1.82, 2.24) is 9.97 Å². The average molecular weight is 432 g/mol. The molecule has 25 heavy (non-hydrogen) atoms. The third-order valence-electron chi connectivity index (χ3n) is 3.30. The molecule has 10 heteroatoms. The van der Waals surface area contributed by atoms with Crippen molar-refractivity contribution in [1.29, 1.82) is 0 Å². The lowest BCUT2D eigenvalue weighted by Crippen LogP contribution is -2.16. The fourth-order valence-corrected chi connectivity index (χ4v) is 3.62. The molecule has 130 valence electrons. The van der Waals surface area contributed by atoms with Crippen LogP contribution in [0.5, 0.6) is 0 Å². The monoisotopic (exact) mass is 431 g/mol. The van der Waals surface area contributed by atoms with E-state index in [9.17, 15) is 21.6 Å². The molecule has 0 spiro atoms. The minimum atomic E-state index is -4.64. The van der Waals surface area contributed by atoms with Gasteiger partial charge in [0.1, 0.15) is 5.52 Å². The van der Waals surface area contributed by atoms with E-state index >= 15 is 0 Å². The topological polar surface area (TPSA) is 72.0 Å². The summed E-state index contributed by atoms with van der Waals surface area (Å²) in [6, 6.07) is 6.84. The van der Waals surface area contributed by atoms with Crippen molar-refractivity contribution < 1.29 is 21.6 Å².